The molecule has 4 amide bonds. The number of rotatable bonds is 7. The first-order chi connectivity index (χ1) is 14.2. The molecular weight excluding hydrogens is 410 g/mol. The molecule has 3 N–H and O–H groups in total. The molecule has 0 aromatic heterocycles. The van der Waals surface area contributed by atoms with E-state index in [0.29, 0.717) is 10.6 Å². The summed E-state index contributed by atoms with van der Waals surface area (Å²) in [6.07, 6.45) is 3.71. The summed E-state index contributed by atoms with van der Waals surface area (Å²) in [5.74, 6) is -1.70. The number of urea groups is 1. The number of carbonyl (C=O) groups excluding carboxylic acids is 4. The van der Waals surface area contributed by atoms with Gasteiger partial charge in [-0.2, -0.15) is 0 Å². The summed E-state index contributed by atoms with van der Waals surface area (Å²) in [6.45, 7) is 2.73. The number of esters is 1. The van der Waals surface area contributed by atoms with E-state index in [0.717, 1.165) is 32.1 Å². The maximum Gasteiger partial charge on any atom is 0.321 e. The van der Waals surface area contributed by atoms with Crippen molar-refractivity contribution in [3.63, 3.8) is 0 Å². The number of benzene rings is 1. The Balaban J connectivity index is 1.85. The quantitative estimate of drug-likeness (QED) is 0.567. The minimum atomic E-state index is -1.15. The van der Waals surface area contributed by atoms with Crippen LogP contribution in [-0.2, 0) is 19.1 Å². The molecule has 164 valence electrons. The molecule has 9 heteroatoms. The molecule has 0 heterocycles. The number of carbonyl (C=O) groups is 4. The van der Waals surface area contributed by atoms with Crippen LogP contribution in [-0.4, -0.2) is 36.0 Å². The zero-order valence-electron chi connectivity index (χ0n) is 17.2. The van der Waals surface area contributed by atoms with E-state index < -0.39 is 30.1 Å². The molecule has 0 spiro atoms. The van der Waals surface area contributed by atoms with Gasteiger partial charge >= 0.3 is 12.0 Å². The molecule has 30 heavy (non-hydrogen) atoms. The van der Waals surface area contributed by atoms with Crippen LogP contribution in [0.5, 0.6) is 0 Å². The second-order valence-corrected chi connectivity index (χ2v) is 7.87. The van der Waals surface area contributed by atoms with Crippen molar-refractivity contribution in [3.8, 4) is 0 Å². The Hall–Kier alpha value is -2.61. The van der Waals surface area contributed by atoms with E-state index in [-0.39, 0.29) is 18.4 Å². The van der Waals surface area contributed by atoms with Crippen LogP contribution in [0.3, 0.4) is 0 Å². The molecule has 1 aromatic carbocycles. The van der Waals surface area contributed by atoms with Gasteiger partial charge < -0.3 is 15.4 Å². The van der Waals surface area contributed by atoms with Crippen LogP contribution in [0, 0.1) is 0 Å². The van der Waals surface area contributed by atoms with Crippen LogP contribution in [0.25, 0.3) is 0 Å². The molecule has 2 rings (SSSR count). The topological polar surface area (TPSA) is 114 Å². The molecule has 2 atom stereocenters. The largest absolute Gasteiger partial charge is 0.452 e. The lowest BCUT2D eigenvalue weighted by atomic mass is 9.96. The maximum atomic E-state index is 12.3. The summed E-state index contributed by atoms with van der Waals surface area (Å²) >= 11 is 5.88. The van der Waals surface area contributed by atoms with Crippen molar-refractivity contribution in [2.45, 2.75) is 70.6 Å². The van der Waals surface area contributed by atoms with Crippen LogP contribution < -0.4 is 16.0 Å². The van der Waals surface area contributed by atoms with Gasteiger partial charge in [-0.05, 0) is 37.5 Å². The summed E-state index contributed by atoms with van der Waals surface area (Å²) in [4.78, 5) is 48.0. The highest BCUT2D eigenvalue weighted by molar-refractivity contribution is 6.30. The predicted octanol–water partition coefficient (Wildman–Crippen LogP) is 3.00. The van der Waals surface area contributed by atoms with E-state index in [2.05, 4.69) is 16.0 Å². The molecule has 1 aromatic rings. The van der Waals surface area contributed by atoms with Crippen molar-refractivity contribution in [2.75, 3.05) is 0 Å². The van der Waals surface area contributed by atoms with Crippen LogP contribution >= 0.6 is 11.6 Å². The summed E-state index contributed by atoms with van der Waals surface area (Å²) in [5.41, 5.74) is 0.676. The van der Waals surface area contributed by atoms with Crippen molar-refractivity contribution >= 4 is 35.4 Å². The summed E-state index contributed by atoms with van der Waals surface area (Å²) < 4.78 is 5.15. The molecule has 0 radical (unpaired) electrons. The Bertz CT molecular complexity index is 762. The molecule has 1 saturated carbocycles. The van der Waals surface area contributed by atoms with E-state index in [9.17, 15) is 19.2 Å². The summed E-state index contributed by atoms with van der Waals surface area (Å²) in [6, 6.07) is 5.53. The molecule has 2 unspecified atom stereocenters. The Kier molecular flexibility index (Phi) is 9.11. The lowest BCUT2D eigenvalue weighted by Gasteiger charge is -2.23. The van der Waals surface area contributed by atoms with Crippen molar-refractivity contribution < 1.29 is 23.9 Å². The number of hydrogen-bond acceptors (Lipinski definition) is 5. The Morgan fingerprint density at radius 1 is 1.10 bits per heavy atom. The highest BCUT2D eigenvalue weighted by Gasteiger charge is 2.24. The zero-order valence-corrected chi connectivity index (χ0v) is 18.0. The van der Waals surface area contributed by atoms with Gasteiger partial charge in [0.15, 0.2) is 6.10 Å². The SMILES string of the molecule is CC(=O)NC(CC(=O)OC(C)C(=O)NC(=O)NC1CCCCC1)c1ccc(Cl)cc1. The molecule has 1 aliphatic rings. The molecule has 1 aliphatic carbocycles. The predicted molar refractivity (Wildman–Crippen MR) is 112 cm³/mol. The Morgan fingerprint density at radius 2 is 1.73 bits per heavy atom. The van der Waals surface area contributed by atoms with Gasteiger partial charge in [-0.3, -0.25) is 19.7 Å². The lowest BCUT2D eigenvalue weighted by Crippen LogP contribution is -2.48. The zero-order chi connectivity index (χ0) is 22.1. The van der Waals surface area contributed by atoms with E-state index in [1.54, 1.807) is 24.3 Å². The fraction of sp³-hybridized carbons (Fsp3) is 0.524. The third kappa shape index (κ3) is 8.02. The molecule has 0 aliphatic heterocycles. The molecule has 1 fully saturated rings. The Morgan fingerprint density at radius 3 is 2.33 bits per heavy atom. The van der Waals surface area contributed by atoms with Gasteiger partial charge in [-0.1, -0.05) is 43.0 Å². The monoisotopic (exact) mass is 437 g/mol. The first-order valence-corrected chi connectivity index (χ1v) is 10.5. The number of halogens is 1. The molecule has 0 bridgehead atoms. The van der Waals surface area contributed by atoms with E-state index in [4.69, 9.17) is 16.3 Å². The normalized spacial score (nSPS) is 16.1. The second kappa shape index (κ2) is 11.5. The maximum absolute atomic E-state index is 12.3. The van der Waals surface area contributed by atoms with Crippen molar-refractivity contribution in [1.82, 2.24) is 16.0 Å². The van der Waals surface area contributed by atoms with Gasteiger partial charge in [0, 0.05) is 18.0 Å². The summed E-state index contributed by atoms with van der Waals surface area (Å²) in [5, 5.41) is 8.18. The average molecular weight is 438 g/mol. The first-order valence-electron chi connectivity index (χ1n) is 10.1. The molecular formula is C21H28ClN3O5. The fourth-order valence-corrected chi connectivity index (χ4v) is 3.47. The number of imide groups is 1. The van der Waals surface area contributed by atoms with Gasteiger partial charge in [0.2, 0.25) is 5.91 Å². The highest BCUT2D eigenvalue weighted by Crippen LogP contribution is 2.20. The Labute approximate surface area is 181 Å². The first kappa shape index (κ1) is 23.7. The number of nitrogens with one attached hydrogen (secondary N) is 3. The second-order valence-electron chi connectivity index (χ2n) is 7.44. The van der Waals surface area contributed by atoms with Gasteiger partial charge in [-0.25, -0.2) is 4.79 Å². The molecule has 8 nitrogen and oxygen atoms in total. The highest BCUT2D eigenvalue weighted by atomic mass is 35.5. The minimum Gasteiger partial charge on any atom is -0.452 e. The fourth-order valence-electron chi connectivity index (χ4n) is 3.34. The number of hydrogen-bond donors (Lipinski definition) is 3. The standard InChI is InChI=1S/C21H28ClN3O5/c1-13(20(28)25-21(29)24-17-6-4-3-5-7-17)30-19(27)12-18(23-14(2)26)15-8-10-16(22)11-9-15/h8-11,13,17-18H,3-7,12H2,1-2H3,(H,23,26)(H2,24,25,28,29). The number of ether oxygens (including phenoxy) is 1. The average Bonchev–Trinajstić information content (AvgIpc) is 2.68. The van der Waals surface area contributed by atoms with Crippen LogP contribution in [0.2, 0.25) is 5.02 Å². The third-order valence-electron chi connectivity index (χ3n) is 4.88. The summed E-state index contributed by atoms with van der Waals surface area (Å²) in [7, 11) is 0. The van der Waals surface area contributed by atoms with Gasteiger partial charge in [0.25, 0.3) is 5.91 Å². The minimum absolute atomic E-state index is 0.0576. The van der Waals surface area contributed by atoms with E-state index in [1.165, 1.54) is 13.8 Å². The van der Waals surface area contributed by atoms with Crippen LogP contribution in [0.4, 0.5) is 4.79 Å². The van der Waals surface area contributed by atoms with E-state index >= 15 is 0 Å². The third-order valence-corrected chi connectivity index (χ3v) is 5.13. The van der Waals surface area contributed by atoms with Gasteiger partial charge in [0.05, 0.1) is 12.5 Å². The molecule has 0 saturated heterocycles. The van der Waals surface area contributed by atoms with Crippen LogP contribution in [0.1, 0.15) is 64.0 Å². The van der Waals surface area contributed by atoms with E-state index in [1.807, 2.05) is 0 Å². The smallest absolute Gasteiger partial charge is 0.321 e. The van der Waals surface area contributed by atoms with Crippen molar-refractivity contribution in [1.29, 1.82) is 0 Å². The van der Waals surface area contributed by atoms with Gasteiger partial charge in [-0.15, -0.1) is 0 Å². The van der Waals surface area contributed by atoms with Crippen molar-refractivity contribution in [2.24, 2.45) is 0 Å². The van der Waals surface area contributed by atoms with Crippen LogP contribution in [0.15, 0.2) is 24.3 Å². The van der Waals surface area contributed by atoms with Gasteiger partial charge in [0.1, 0.15) is 0 Å². The lowest BCUT2D eigenvalue weighted by molar-refractivity contribution is -0.155. The van der Waals surface area contributed by atoms with Crippen molar-refractivity contribution in [3.05, 3.63) is 34.9 Å². The number of amides is 4.